The topological polar surface area (TPSA) is 33.2 Å². The normalized spacial score (nSPS) is 11.2. The van der Waals surface area contributed by atoms with Crippen LogP contribution in [0.1, 0.15) is 36.7 Å². The van der Waals surface area contributed by atoms with E-state index in [-0.39, 0.29) is 11.3 Å². The highest BCUT2D eigenvalue weighted by atomic mass is 16.2. The Kier molecular flexibility index (Phi) is 4.90. The summed E-state index contributed by atoms with van der Waals surface area (Å²) in [7, 11) is 1.80. The van der Waals surface area contributed by atoms with Crippen LogP contribution >= 0.6 is 0 Å². The molecule has 0 bridgehead atoms. The quantitative estimate of drug-likeness (QED) is 0.644. The molecule has 26 heavy (non-hydrogen) atoms. The molecule has 0 aliphatic rings. The fraction of sp³-hybridized carbons (Fsp3) is 0.217. The third-order valence-corrected chi connectivity index (χ3v) is 4.52. The minimum Gasteiger partial charge on any atom is -0.311 e. The van der Waals surface area contributed by atoms with Crippen molar-refractivity contribution in [3.63, 3.8) is 0 Å². The number of pyridine rings is 1. The van der Waals surface area contributed by atoms with Crippen LogP contribution in [0.2, 0.25) is 0 Å². The summed E-state index contributed by atoms with van der Waals surface area (Å²) in [6.07, 6.45) is 1.78. The van der Waals surface area contributed by atoms with E-state index in [9.17, 15) is 4.79 Å². The first-order valence-electron chi connectivity index (χ1n) is 8.76. The van der Waals surface area contributed by atoms with Crippen molar-refractivity contribution in [2.75, 3.05) is 11.9 Å². The summed E-state index contributed by atoms with van der Waals surface area (Å²) >= 11 is 0. The number of hydrogen-bond acceptors (Lipinski definition) is 2. The predicted octanol–water partition coefficient (Wildman–Crippen LogP) is 5.32. The highest BCUT2D eigenvalue weighted by molar-refractivity contribution is 6.05. The van der Waals surface area contributed by atoms with E-state index < -0.39 is 0 Å². The first-order valence-corrected chi connectivity index (χ1v) is 8.76. The number of carbonyl (C=O) groups excluding carboxylic acids is 1. The van der Waals surface area contributed by atoms with Gasteiger partial charge >= 0.3 is 0 Å². The second-order valence-corrected chi connectivity index (χ2v) is 7.45. The minimum atomic E-state index is -0.0176. The molecule has 1 aromatic heterocycles. The standard InChI is InChI=1S/C23H24N2O/c1-23(2,3)19-12-8-18(9-13-19)22(26)25(4)20-14-10-17(11-15-20)21-7-5-6-16-24-21/h5-16H,1-4H3. The molecule has 3 heteroatoms. The van der Waals surface area contributed by atoms with E-state index in [0.29, 0.717) is 5.56 Å². The molecule has 0 unspecified atom stereocenters. The smallest absolute Gasteiger partial charge is 0.258 e. The van der Waals surface area contributed by atoms with E-state index in [1.54, 1.807) is 18.1 Å². The molecule has 0 saturated carbocycles. The van der Waals surface area contributed by atoms with Crippen LogP contribution in [0.3, 0.4) is 0 Å². The Labute approximate surface area is 155 Å². The molecule has 0 aliphatic carbocycles. The Hall–Kier alpha value is -2.94. The summed E-state index contributed by atoms with van der Waals surface area (Å²) in [6.45, 7) is 6.50. The van der Waals surface area contributed by atoms with Crippen LogP contribution in [0.15, 0.2) is 72.9 Å². The van der Waals surface area contributed by atoms with Crippen LogP contribution in [-0.2, 0) is 5.41 Å². The van der Waals surface area contributed by atoms with Gasteiger partial charge in [0.1, 0.15) is 0 Å². The van der Waals surface area contributed by atoms with Crippen molar-refractivity contribution < 1.29 is 4.79 Å². The first-order chi connectivity index (χ1) is 12.4. The third kappa shape index (κ3) is 3.83. The van der Waals surface area contributed by atoms with Gasteiger partial charge in [-0.15, -0.1) is 0 Å². The summed E-state index contributed by atoms with van der Waals surface area (Å²) in [4.78, 5) is 18.8. The van der Waals surface area contributed by atoms with E-state index in [2.05, 4.69) is 25.8 Å². The highest BCUT2D eigenvalue weighted by Gasteiger charge is 2.17. The van der Waals surface area contributed by atoms with E-state index in [1.165, 1.54) is 5.56 Å². The van der Waals surface area contributed by atoms with Crippen molar-refractivity contribution >= 4 is 11.6 Å². The number of benzene rings is 2. The molecule has 132 valence electrons. The molecule has 0 fully saturated rings. The summed E-state index contributed by atoms with van der Waals surface area (Å²) in [6, 6.07) is 21.6. The molecular formula is C23H24N2O. The lowest BCUT2D eigenvalue weighted by atomic mass is 9.86. The van der Waals surface area contributed by atoms with Gasteiger partial charge in [0.05, 0.1) is 5.69 Å². The molecule has 2 aromatic carbocycles. The zero-order valence-corrected chi connectivity index (χ0v) is 15.7. The second-order valence-electron chi connectivity index (χ2n) is 7.45. The van der Waals surface area contributed by atoms with Gasteiger partial charge in [0, 0.05) is 30.1 Å². The molecule has 3 rings (SSSR count). The molecule has 0 spiro atoms. The van der Waals surface area contributed by atoms with Crippen molar-refractivity contribution in [2.45, 2.75) is 26.2 Å². The minimum absolute atomic E-state index is 0.0176. The molecule has 1 heterocycles. The average Bonchev–Trinajstić information content (AvgIpc) is 2.67. The van der Waals surface area contributed by atoms with Gasteiger partial charge in [-0.25, -0.2) is 0 Å². The molecule has 0 N–H and O–H groups in total. The van der Waals surface area contributed by atoms with Gasteiger partial charge in [0.2, 0.25) is 0 Å². The van der Waals surface area contributed by atoms with Gasteiger partial charge in [0.15, 0.2) is 0 Å². The third-order valence-electron chi connectivity index (χ3n) is 4.52. The Morgan fingerprint density at radius 3 is 2.08 bits per heavy atom. The van der Waals surface area contributed by atoms with Crippen molar-refractivity contribution in [1.82, 2.24) is 4.98 Å². The Morgan fingerprint density at radius 1 is 0.885 bits per heavy atom. The van der Waals surface area contributed by atoms with Crippen LogP contribution in [0.4, 0.5) is 5.69 Å². The molecule has 0 atom stereocenters. The fourth-order valence-electron chi connectivity index (χ4n) is 2.81. The lowest BCUT2D eigenvalue weighted by Crippen LogP contribution is -2.26. The summed E-state index contributed by atoms with van der Waals surface area (Å²) in [5.74, 6) is -0.0176. The second kappa shape index (κ2) is 7.12. The lowest BCUT2D eigenvalue weighted by molar-refractivity contribution is 0.0993. The van der Waals surface area contributed by atoms with Crippen LogP contribution in [-0.4, -0.2) is 17.9 Å². The SMILES string of the molecule is CN(C(=O)c1ccc(C(C)(C)C)cc1)c1ccc(-c2ccccn2)cc1. The summed E-state index contributed by atoms with van der Waals surface area (Å²) in [5, 5.41) is 0. The van der Waals surface area contributed by atoms with Crippen molar-refractivity contribution in [2.24, 2.45) is 0 Å². The van der Waals surface area contributed by atoms with Crippen LogP contribution in [0.5, 0.6) is 0 Å². The van der Waals surface area contributed by atoms with Crippen molar-refractivity contribution in [1.29, 1.82) is 0 Å². The zero-order chi connectivity index (χ0) is 18.7. The number of anilines is 1. The van der Waals surface area contributed by atoms with Crippen LogP contribution in [0, 0.1) is 0 Å². The maximum Gasteiger partial charge on any atom is 0.258 e. The Balaban J connectivity index is 1.78. The fourth-order valence-corrected chi connectivity index (χ4v) is 2.81. The van der Waals surface area contributed by atoms with Gasteiger partial charge in [0.25, 0.3) is 5.91 Å². The number of carbonyl (C=O) groups is 1. The molecule has 3 aromatic rings. The number of aromatic nitrogens is 1. The van der Waals surface area contributed by atoms with Gasteiger partial charge in [-0.3, -0.25) is 9.78 Å². The predicted molar refractivity (Wildman–Crippen MR) is 108 cm³/mol. The monoisotopic (exact) mass is 344 g/mol. The van der Waals surface area contributed by atoms with E-state index in [1.807, 2.05) is 66.7 Å². The van der Waals surface area contributed by atoms with Crippen LogP contribution in [0.25, 0.3) is 11.3 Å². The molecular weight excluding hydrogens is 320 g/mol. The average molecular weight is 344 g/mol. The zero-order valence-electron chi connectivity index (χ0n) is 15.7. The Morgan fingerprint density at radius 2 is 1.54 bits per heavy atom. The van der Waals surface area contributed by atoms with Gasteiger partial charge in [-0.2, -0.15) is 0 Å². The summed E-state index contributed by atoms with van der Waals surface area (Å²) in [5.41, 5.74) is 4.80. The van der Waals surface area contributed by atoms with E-state index in [0.717, 1.165) is 16.9 Å². The number of nitrogens with zero attached hydrogens (tertiary/aromatic N) is 2. The Bertz CT molecular complexity index is 876. The molecule has 3 nitrogen and oxygen atoms in total. The maximum absolute atomic E-state index is 12.8. The van der Waals surface area contributed by atoms with Crippen LogP contribution < -0.4 is 4.90 Å². The summed E-state index contributed by atoms with van der Waals surface area (Å²) < 4.78 is 0. The molecule has 0 radical (unpaired) electrons. The molecule has 1 amide bonds. The van der Waals surface area contributed by atoms with E-state index >= 15 is 0 Å². The lowest BCUT2D eigenvalue weighted by Gasteiger charge is -2.21. The molecule has 0 aliphatic heterocycles. The number of amides is 1. The number of rotatable bonds is 3. The number of hydrogen-bond donors (Lipinski definition) is 0. The van der Waals surface area contributed by atoms with Crippen molar-refractivity contribution in [3.05, 3.63) is 84.1 Å². The van der Waals surface area contributed by atoms with Gasteiger partial charge < -0.3 is 4.90 Å². The van der Waals surface area contributed by atoms with E-state index in [4.69, 9.17) is 0 Å². The van der Waals surface area contributed by atoms with Gasteiger partial charge in [-0.05, 0) is 47.4 Å². The van der Waals surface area contributed by atoms with Crippen molar-refractivity contribution in [3.8, 4) is 11.3 Å². The largest absolute Gasteiger partial charge is 0.311 e. The first kappa shape index (κ1) is 17.9. The highest BCUT2D eigenvalue weighted by Crippen LogP contribution is 2.24. The molecule has 0 saturated heterocycles. The van der Waals surface area contributed by atoms with Gasteiger partial charge in [-0.1, -0.05) is 51.1 Å². The maximum atomic E-state index is 12.8.